The molecular weight excluding hydrogens is 562 g/mol. The summed E-state index contributed by atoms with van der Waals surface area (Å²) in [5, 5.41) is 3.31. The standard InChI is InChI=1S/C31H38ClN3O5S/c1-7-40-28-15-11-10-14-27(28)35(41(38,39)26-18-16-25(32)17-19-26)21-29(36)34(20-24-13-9-8-12-22(24)2)23(3)30(37)33-31(4,5)6/h8-19,23H,7,20-21H2,1-6H3,(H,33,37). The summed E-state index contributed by atoms with van der Waals surface area (Å²) in [6.07, 6.45) is 0. The second kappa shape index (κ2) is 13.4. The SMILES string of the molecule is CCOc1ccccc1N(CC(=O)N(Cc1ccccc1C)C(C)C(=O)NC(C)(C)C)S(=O)(=O)c1ccc(Cl)cc1. The van der Waals surface area contributed by atoms with Crippen LogP contribution in [0.3, 0.4) is 0 Å². The number of rotatable bonds is 11. The summed E-state index contributed by atoms with van der Waals surface area (Å²) in [4.78, 5) is 28.8. The molecule has 0 spiro atoms. The fourth-order valence-corrected chi connectivity index (χ4v) is 5.77. The van der Waals surface area contributed by atoms with Gasteiger partial charge in [-0.1, -0.05) is 48.0 Å². The summed E-state index contributed by atoms with van der Waals surface area (Å²) in [5.41, 5.74) is 1.47. The number of hydrogen-bond acceptors (Lipinski definition) is 5. The molecule has 8 nitrogen and oxygen atoms in total. The van der Waals surface area contributed by atoms with E-state index in [9.17, 15) is 18.0 Å². The number of anilines is 1. The Morgan fingerprint density at radius 1 is 0.976 bits per heavy atom. The third-order valence-electron chi connectivity index (χ3n) is 6.38. The van der Waals surface area contributed by atoms with Crippen LogP contribution in [0.25, 0.3) is 0 Å². The van der Waals surface area contributed by atoms with Crippen molar-refractivity contribution in [1.82, 2.24) is 10.2 Å². The van der Waals surface area contributed by atoms with Gasteiger partial charge in [-0.25, -0.2) is 8.42 Å². The minimum Gasteiger partial charge on any atom is -0.492 e. The van der Waals surface area contributed by atoms with Crippen molar-refractivity contribution in [2.75, 3.05) is 17.5 Å². The zero-order chi connectivity index (χ0) is 30.4. The fourth-order valence-electron chi connectivity index (χ4n) is 4.22. The van der Waals surface area contributed by atoms with Crippen molar-refractivity contribution in [2.45, 2.75) is 64.6 Å². The molecule has 3 aromatic rings. The highest BCUT2D eigenvalue weighted by molar-refractivity contribution is 7.92. The van der Waals surface area contributed by atoms with Gasteiger partial charge in [-0.05, 0) is 89.1 Å². The Morgan fingerprint density at radius 2 is 1.59 bits per heavy atom. The van der Waals surface area contributed by atoms with Gasteiger partial charge in [-0.2, -0.15) is 0 Å². The average Bonchev–Trinajstić information content (AvgIpc) is 2.90. The van der Waals surface area contributed by atoms with Gasteiger partial charge in [0.25, 0.3) is 10.0 Å². The minimum atomic E-state index is -4.25. The van der Waals surface area contributed by atoms with Gasteiger partial charge in [0.1, 0.15) is 18.3 Å². The molecule has 0 aliphatic rings. The van der Waals surface area contributed by atoms with Crippen molar-refractivity contribution in [1.29, 1.82) is 0 Å². The highest BCUT2D eigenvalue weighted by Gasteiger charge is 2.34. The molecule has 0 saturated heterocycles. The predicted octanol–water partition coefficient (Wildman–Crippen LogP) is 5.57. The number of carbonyl (C=O) groups is 2. The summed E-state index contributed by atoms with van der Waals surface area (Å²) < 4.78 is 34.9. The van der Waals surface area contributed by atoms with E-state index in [-0.39, 0.29) is 23.0 Å². The first-order valence-electron chi connectivity index (χ1n) is 13.4. The van der Waals surface area contributed by atoms with Crippen molar-refractivity contribution in [2.24, 2.45) is 0 Å². The topological polar surface area (TPSA) is 96.0 Å². The van der Waals surface area contributed by atoms with Gasteiger partial charge in [0.15, 0.2) is 0 Å². The van der Waals surface area contributed by atoms with Crippen molar-refractivity contribution in [3.8, 4) is 5.75 Å². The van der Waals surface area contributed by atoms with Crippen molar-refractivity contribution in [3.63, 3.8) is 0 Å². The van der Waals surface area contributed by atoms with E-state index >= 15 is 0 Å². The largest absolute Gasteiger partial charge is 0.492 e. The highest BCUT2D eigenvalue weighted by Crippen LogP contribution is 2.33. The summed E-state index contributed by atoms with van der Waals surface area (Å²) in [6.45, 7) is 10.8. The zero-order valence-corrected chi connectivity index (χ0v) is 25.9. The van der Waals surface area contributed by atoms with E-state index in [1.165, 1.54) is 29.2 Å². The number of carbonyl (C=O) groups excluding carboxylic acids is 2. The number of benzene rings is 3. The number of halogens is 1. The number of amides is 2. The van der Waals surface area contributed by atoms with E-state index in [1.54, 1.807) is 38.1 Å². The molecule has 1 N–H and O–H groups in total. The first kappa shape index (κ1) is 32.0. The Morgan fingerprint density at radius 3 is 2.20 bits per heavy atom. The summed E-state index contributed by atoms with van der Waals surface area (Å²) >= 11 is 6.02. The molecular formula is C31H38ClN3O5S. The van der Waals surface area contributed by atoms with E-state index in [1.807, 2.05) is 52.0 Å². The molecule has 1 unspecified atom stereocenters. The maximum absolute atomic E-state index is 14.1. The van der Waals surface area contributed by atoms with Gasteiger partial charge in [0.2, 0.25) is 11.8 Å². The van der Waals surface area contributed by atoms with Gasteiger partial charge in [0.05, 0.1) is 17.2 Å². The van der Waals surface area contributed by atoms with Gasteiger partial charge < -0.3 is 15.0 Å². The Balaban J connectivity index is 2.10. The molecule has 0 heterocycles. The van der Waals surface area contributed by atoms with E-state index in [0.29, 0.717) is 17.4 Å². The van der Waals surface area contributed by atoms with Gasteiger partial charge in [0, 0.05) is 17.1 Å². The molecule has 0 radical (unpaired) electrons. The maximum Gasteiger partial charge on any atom is 0.264 e. The number of para-hydroxylation sites is 2. The molecule has 3 rings (SSSR count). The lowest BCUT2D eigenvalue weighted by atomic mass is 10.1. The van der Waals surface area contributed by atoms with Gasteiger partial charge in [-0.3, -0.25) is 13.9 Å². The third-order valence-corrected chi connectivity index (χ3v) is 8.41. The van der Waals surface area contributed by atoms with Crippen LogP contribution in [-0.2, 0) is 26.2 Å². The molecule has 0 aliphatic heterocycles. The summed E-state index contributed by atoms with van der Waals surface area (Å²) in [6, 6.07) is 19.1. The Hall–Kier alpha value is -3.56. The van der Waals surface area contributed by atoms with Crippen LogP contribution in [0.5, 0.6) is 5.75 Å². The number of ether oxygens (including phenoxy) is 1. The van der Waals surface area contributed by atoms with Crippen LogP contribution in [-0.4, -0.2) is 49.9 Å². The molecule has 10 heteroatoms. The Kier molecular flexibility index (Phi) is 10.4. The molecule has 0 saturated carbocycles. The predicted molar refractivity (Wildman–Crippen MR) is 163 cm³/mol. The smallest absolute Gasteiger partial charge is 0.264 e. The fraction of sp³-hybridized carbons (Fsp3) is 0.355. The van der Waals surface area contributed by atoms with Crippen LogP contribution < -0.4 is 14.4 Å². The monoisotopic (exact) mass is 599 g/mol. The third kappa shape index (κ3) is 8.24. The summed E-state index contributed by atoms with van der Waals surface area (Å²) in [7, 11) is -4.25. The van der Waals surface area contributed by atoms with Crippen LogP contribution in [0.1, 0.15) is 45.7 Å². The van der Waals surface area contributed by atoms with Crippen molar-refractivity contribution in [3.05, 3.63) is 88.9 Å². The number of aryl methyl sites for hydroxylation is 1. The number of nitrogens with zero attached hydrogens (tertiary/aromatic N) is 2. The van der Waals surface area contributed by atoms with Gasteiger partial charge >= 0.3 is 0 Å². The molecule has 0 bridgehead atoms. The molecule has 1 atom stereocenters. The Labute approximate surface area is 248 Å². The second-order valence-corrected chi connectivity index (χ2v) is 13.0. The lowest BCUT2D eigenvalue weighted by Crippen LogP contribution is -2.54. The molecule has 2 amide bonds. The average molecular weight is 600 g/mol. The van der Waals surface area contributed by atoms with E-state index in [0.717, 1.165) is 15.4 Å². The number of sulfonamides is 1. The van der Waals surface area contributed by atoms with Crippen LogP contribution in [0.15, 0.2) is 77.7 Å². The van der Waals surface area contributed by atoms with Crippen molar-refractivity contribution >= 4 is 39.1 Å². The second-order valence-electron chi connectivity index (χ2n) is 10.7. The molecule has 3 aromatic carbocycles. The number of nitrogens with one attached hydrogen (secondary N) is 1. The first-order chi connectivity index (χ1) is 19.2. The molecule has 220 valence electrons. The number of hydrogen-bond donors (Lipinski definition) is 1. The lowest BCUT2D eigenvalue weighted by Gasteiger charge is -2.34. The molecule has 0 aromatic heterocycles. The van der Waals surface area contributed by atoms with Crippen LogP contribution in [0.2, 0.25) is 5.02 Å². The summed E-state index contributed by atoms with van der Waals surface area (Å²) in [5.74, 6) is -0.584. The minimum absolute atomic E-state index is 0.0371. The first-order valence-corrected chi connectivity index (χ1v) is 15.2. The highest BCUT2D eigenvalue weighted by atomic mass is 35.5. The molecule has 0 fully saturated rings. The van der Waals surface area contributed by atoms with Crippen molar-refractivity contribution < 1.29 is 22.7 Å². The maximum atomic E-state index is 14.1. The van der Waals surface area contributed by atoms with Crippen LogP contribution >= 0.6 is 11.6 Å². The molecule has 41 heavy (non-hydrogen) atoms. The van der Waals surface area contributed by atoms with Crippen LogP contribution in [0.4, 0.5) is 5.69 Å². The van der Waals surface area contributed by atoms with E-state index < -0.39 is 34.1 Å². The van der Waals surface area contributed by atoms with E-state index in [2.05, 4.69) is 5.32 Å². The Bertz CT molecular complexity index is 1470. The lowest BCUT2D eigenvalue weighted by molar-refractivity contribution is -0.140. The quantitative estimate of drug-likeness (QED) is 0.311. The van der Waals surface area contributed by atoms with Crippen LogP contribution in [0, 0.1) is 6.92 Å². The normalized spacial score (nSPS) is 12.4. The van der Waals surface area contributed by atoms with E-state index in [4.69, 9.17) is 16.3 Å². The zero-order valence-electron chi connectivity index (χ0n) is 24.3. The molecule has 0 aliphatic carbocycles. The van der Waals surface area contributed by atoms with Gasteiger partial charge in [-0.15, -0.1) is 0 Å².